The van der Waals surface area contributed by atoms with Crippen molar-refractivity contribution in [1.82, 2.24) is 5.32 Å². The maximum atomic E-state index is 13.0. The number of anilines is 1. The zero-order chi connectivity index (χ0) is 27.1. The van der Waals surface area contributed by atoms with Crippen molar-refractivity contribution in [2.45, 2.75) is 57.6 Å². The lowest BCUT2D eigenvalue weighted by Crippen LogP contribution is -2.60. The molecule has 198 valence electrons. The second-order valence-electron chi connectivity index (χ2n) is 10.2. The van der Waals surface area contributed by atoms with Crippen molar-refractivity contribution in [3.63, 3.8) is 0 Å². The summed E-state index contributed by atoms with van der Waals surface area (Å²) in [5.41, 5.74) is 7.28. The van der Waals surface area contributed by atoms with Gasteiger partial charge in [0.1, 0.15) is 23.0 Å². The smallest absolute Gasteiger partial charge is 0.408 e. The second kappa shape index (κ2) is 12.1. The van der Waals surface area contributed by atoms with Crippen LogP contribution in [0.5, 0.6) is 0 Å². The maximum Gasteiger partial charge on any atom is 0.408 e. The fourth-order valence-electron chi connectivity index (χ4n) is 4.33. The van der Waals surface area contributed by atoms with Crippen LogP contribution in [0.3, 0.4) is 0 Å². The van der Waals surface area contributed by atoms with Gasteiger partial charge in [0.05, 0.1) is 11.3 Å². The number of ether oxygens (including phenoxy) is 2. The standard InChI is InChI=1S/C17H15FN2.C11H20N2O4/c18-16-6-3-13(4-7-16)14-5-8-17(15(11-14)12-19)20-9-1-2-10-20;1-10(2,3)17-9(15)13-11(8(12)14)4-6-16-7-5-11/h3-8,11H,1-2,9-10H2;4-7H2,1-3H3,(H2,12,14)(H,13,15). The Labute approximate surface area is 217 Å². The van der Waals surface area contributed by atoms with Crippen molar-refractivity contribution in [3.05, 3.63) is 53.8 Å². The molecule has 0 aliphatic carbocycles. The summed E-state index contributed by atoms with van der Waals surface area (Å²) in [6.07, 6.45) is 2.50. The van der Waals surface area contributed by atoms with Crippen molar-refractivity contribution < 1.29 is 23.5 Å². The topological polar surface area (TPSA) is 118 Å². The molecule has 0 spiro atoms. The normalized spacial score (nSPS) is 16.7. The lowest BCUT2D eigenvalue weighted by Gasteiger charge is -2.35. The minimum Gasteiger partial charge on any atom is -0.444 e. The molecule has 2 aliphatic rings. The molecule has 2 amide bonds. The molecule has 0 unspecified atom stereocenters. The van der Waals surface area contributed by atoms with Gasteiger partial charge in [-0.1, -0.05) is 18.2 Å². The fourth-order valence-corrected chi connectivity index (χ4v) is 4.33. The van der Waals surface area contributed by atoms with E-state index in [1.54, 1.807) is 32.9 Å². The number of benzene rings is 2. The first kappa shape index (κ1) is 27.9. The van der Waals surface area contributed by atoms with Crippen molar-refractivity contribution in [2.75, 3.05) is 31.2 Å². The highest BCUT2D eigenvalue weighted by atomic mass is 19.1. The van der Waals surface area contributed by atoms with Crippen molar-refractivity contribution in [3.8, 4) is 17.2 Å². The molecule has 0 saturated carbocycles. The summed E-state index contributed by atoms with van der Waals surface area (Å²) in [6.45, 7) is 8.11. The van der Waals surface area contributed by atoms with Crippen LogP contribution < -0.4 is 16.0 Å². The van der Waals surface area contributed by atoms with E-state index < -0.39 is 23.1 Å². The summed E-state index contributed by atoms with van der Waals surface area (Å²) in [4.78, 5) is 25.4. The fraction of sp³-hybridized carbons (Fsp3) is 0.464. The van der Waals surface area contributed by atoms with Crippen LogP contribution in [0.2, 0.25) is 0 Å². The Kier molecular flexibility index (Phi) is 9.11. The quantitative estimate of drug-likeness (QED) is 0.625. The third-order valence-electron chi connectivity index (χ3n) is 6.30. The number of nitrogens with two attached hydrogens (primary N) is 1. The molecule has 2 saturated heterocycles. The van der Waals surface area contributed by atoms with Gasteiger partial charge in [-0.25, -0.2) is 9.18 Å². The van der Waals surface area contributed by atoms with Crippen LogP contribution >= 0.6 is 0 Å². The molecule has 0 aromatic heterocycles. The number of carbonyl (C=O) groups excluding carboxylic acids is 2. The molecule has 4 rings (SSSR count). The summed E-state index contributed by atoms with van der Waals surface area (Å²) in [6, 6.07) is 14.5. The highest BCUT2D eigenvalue weighted by Gasteiger charge is 2.41. The Morgan fingerprint density at radius 2 is 1.68 bits per heavy atom. The highest BCUT2D eigenvalue weighted by Crippen LogP contribution is 2.29. The van der Waals surface area contributed by atoms with E-state index in [-0.39, 0.29) is 5.82 Å². The molecule has 2 aromatic rings. The summed E-state index contributed by atoms with van der Waals surface area (Å²) < 4.78 is 23.2. The Morgan fingerprint density at radius 1 is 1.08 bits per heavy atom. The van der Waals surface area contributed by atoms with Gasteiger partial charge in [0, 0.05) is 39.1 Å². The summed E-state index contributed by atoms with van der Waals surface area (Å²) in [7, 11) is 0. The van der Waals surface area contributed by atoms with E-state index in [0.29, 0.717) is 31.6 Å². The number of amides is 2. The Morgan fingerprint density at radius 3 is 2.22 bits per heavy atom. The monoisotopic (exact) mass is 510 g/mol. The van der Waals surface area contributed by atoms with Crippen LogP contribution in [0.4, 0.5) is 14.9 Å². The lowest BCUT2D eigenvalue weighted by atomic mass is 9.89. The summed E-state index contributed by atoms with van der Waals surface area (Å²) in [5.74, 6) is -0.797. The highest BCUT2D eigenvalue weighted by molar-refractivity contribution is 5.88. The lowest BCUT2D eigenvalue weighted by molar-refractivity contribution is -0.128. The van der Waals surface area contributed by atoms with E-state index in [4.69, 9.17) is 15.2 Å². The van der Waals surface area contributed by atoms with Crippen LogP contribution in [0.1, 0.15) is 52.0 Å². The van der Waals surface area contributed by atoms with E-state index in [1.807, 2.05) is 18.2 Å². The number of halogens is 1. The van der Waals surface area contributed by atoms with Gasteiger partial charge in [-0.15, -0.1) is 0 Å². The third-order valence-corrected chi connectivity index (χ3v) is 6.30. The first-order chi connectivity index (χ1) is 17.5. The van der Waals surface area contributed by atoms with Gasteiger partial charge in [0.2, 0.25) is 5.91 Å². The van der Waals surface area contributed by atoms with Crippen molar-refractivity contribution >= 4 is 17.7 Å². The number of nitrogens with one attached hydrogen (secondary N) is 1. The number of carbonyl (C=O) groups is 2. The SMILES string of the molecule is CC(C)(C)OC(=O)NC1(C(N)=O)CCOCC1.N#Cc1cc(-c2ccc(F)cc2)ccc1N1CCCC1. The number of hydrogen-bond acceptors (Lipinski definition) is 6. The zero-order valence-electron chi connectivity index (χ0n) is 21.7. The summed E-state index contributed by atoms with van der Waals surface area (Å²) in [5, 5.41) is 11.9. The van der Waals surface area contributed by atoms with Crippen molar-refractivity contribution in [1.29, 1.82) is 5.26 Å². The van der Waals surface area contributed by atoms with Crippen LogP contribution in [-0.4, -0.2) is 49.4 Å². The van der Waals surface area contributed by atoms with Crippen LogP contribution in [-0.2, 0) is 14.3 Å². The number of hydrogen-bond donors (Lipinski definition) is 2. The Balaban J connectivity index is 0.000000209. The molecular weight excluding hydrogens is 475 g/mol. The Hall–Kier alpha value is -3.64. The third kappa shape index (κ3) is 7.67. The molecule has 2 aromatic carbocycles. The molecule has 3 N–H and O–H groups in total. The minimum atomic E-state index is -1.04. The van der Waals surface area contributed by atoms with Gasteiger partial charge < -0.3 is 25.4 Å². The van der Waals surface area contributed by atoms with Crippen LogP contribution in [0.15, 0.2) is 42.5 Å². The molecule has 9 heteroatoms. The predicted octanol–water partition coefficient (Wildman–Crippen LogP) is 4.51. The van der Waals surface area contributed by atoms with E-state index in [0.717, 1.165) is 29.9 Å². The van der Waals surface area contributed by atoms with E-state index in [1.165, 1.54) is 25.0 Å². The molecule has 2 fully saturated rings. The number of primary amides is 1. The second-order valence-corrected chi connectivity index (χ2v) is 10.2. The average Bonchev–Trinajstić information content (AvgIpc) is 3.38. The van der Waals surface area contributed by atoms with Crippen molar-refractivity contribution in [2.24, 2.45) is 5.73 Å². The van der Waals surface area contributed by atoms with Gasteiger partial charge >= 0.3 is 6.09 Å². The van der Waals surface area contributed by atoms with Gasteiger partial charge in [-0.2, -0.15) is 5.26 Å². The number of nitrogens with zero attached hydrogens (tertiary/aromatic N) is 2. The van der Waals surface area contributed by atoms with E-state index >= 15 is 0 Å². The maximum absolute atomic E-state index is 13.0. The van der Waals surface area contributed by atoms with Gasteiger partial charge in [0.15, 0.2) is 0 Å². The van der Waals surface area contributed by atoms with E-state index in [9.17, 15) is 19.2 Å². The molecule has 0 atom stereocenters. The molecular formula is C28H35FN4O4. The largest absolute Gasteiger partial charge is 0.444 e. The predicted molar refractivity (Wildman–Crippen MR) is 139 cm³/mol. The van der Waals surface area contributed by atoms with Crippen LogP contribution in [0, 0.1) is 17.1 Å². The molecule has 0 bridgehead atoms. The van der Waals surface area contributed by atoms with Gasteiger partial charge in [-0.05, 0) is 69.0 Å². The Bertz CT molecular complexity index is 1130. The molecule has 37 heavy (non-hydrogen) atoms. The average molecular weight is 511 g/mol. The first-order valence-corrected chi connectivity index (χ1v) is 12.5. The van der Waals surface area contributed by atoms with Gasteiger partial charge in [-0.3, -0.25) is 4.79 Å². The number of nitriles is 1. The molecule has 2 aliphatic heterocycles. The zero-order valence-corrected chi connectivity index (χ0v) is 21.7. The summed E-state index contributed by atoms with van der Waals surface area (Å²) >= 11 is 0. The van der Waals surface area contributed by atoms with E-state index in [2.05, 4.69) is 16.3 Å². The number of rotatable bonds is 4. The van der Waals surface area contributed by atoms with Gasteiger partial charge in [0.25, 0.3) is 0 Å². The first-order valence-electron chi connectivity index (χ1n) is 12.5. The molecule has 0 radical (unpaired) electrons. The van der Waals surface area contributed by atoms with Crippen LogP contribution in [0.25, 0.3) is 11.1 Å². The number of alkyl carbamates (subject to hydrolysis) is 1. The molecule has 8 nitrogen and oxygen atoms in total. The molecule has 2 heterocycles. The minimum absolute atomic E-state index is 0.247.